The van der Waals surface area contributed by atoms with E-state index in [-0.39, 0.29) is 18.7 Å². The van der Waals surface area contributed by atoms with Crippen LogP contribution in [0.2, 0.25) is 0 Å². The first-order valence-electron chi connectivity index (χ1n) is 5.59. The molecule has 0 fully saturated rings. The molecule has 0 unspecified atom stereocenters. The van der Waals surface area contributed by atoms with Crippen molar-refractivity contribution in [1.82, 2.24) is 10.0 Å². The molecule has 100 valence electrons. The van der Waals surface area contributed by atoms with Gasteiger partial charge in [0, 0.05) is 12.0 Å². The molecular weight excluding hydrogens is 250 g/mol. The lowest BCUT2D eigenvalue weighted by molar-refractivity contribution is 0.0989. The first-order valence-corrected chi connectivity index (χ1v) is 5.59. The van der Waals surface area contributed by atoms with Crippen LogP contribution in [0.4, 0.5) is 4.79 Å². The van der Waals surface area contributed by atoms with Crippen LogP contribution in [0.15, 0.2) is 24.3 Å². The third kappa shape index (κ3) is 2.05. The average molecular weight is 263 g/mol. The van der Waals surface area contributed by atoms with Gasteiger partial charge in [0.05, 0.1) is 5.52 Å². The highest BCUT2D eigenvalue weighted by molar-refractivity contribution is 6.06. The van der Waals surface area contributed by atoms with Gasteiger partial charge in [-0.1, -0.05) is 18.2 Å². The van der Waals surface area contributed by atoms with Crippen LogP contribution in [-0.4, -0.2) is 33.4 Å². The Morgan fingerprint density at radius 1 is 1.32 bits per heavy atom. The van der Waals surface area contributed by atoms with E-state index in [0.29, 0.717) is 16.5 Å². The zero-order chi connectivity index (χ0) is 14.0. The molecule has 2 rings (SSSR count). The summed E-state index contributed by atoms with van der Waals surface area (Å²) in [5.41, 5.74) is 7.65. The fraction of sp³-hybridized carbons (Fsp3) is 0.167. The smallest absolute Gasteiger partial charge is 0.350 e. The van der Waals surface area contributed by atoms with Crippen molar-refractivity contribution in [2.45, 2.75) is 6.42 Å². The van der Waals surface area contributed by atoms with Gasteiger partial charge < -0.3 is 10.8 Å². The number of nitrogens with one attached hydrogen (secondary N) is 1. The minimum Gasteiger partial charge on any atom is -0.396 e. The molecule has 5 N–H and O–H groups in total. The van der Waals surface area contributed by atoms with Gasteiger partial charge in [-0.15, -0.1) is 0 Å². The number of carbonyl (C=O) groups is 2. The summed E-state index contributed by atoms with van der Waals surface area (Å²) < 4.78 is 1.00. The predicted molar refractivity (Wildman–Crippen MR) is 67.0 cm³/mol. The van der Waals surface area contributed by atoms with Gasteiger partial charge in [-0.05, 0) is 18.1 Å². The maximum Gasteiger partial charge on any atom is 0.350 e. The molecule has 0 aliphatic rings. The van der Waals surface area contributed by atoms with E-state index in [1.807, 2.05) is 0 Å². The summed E-state index contributed by atoms with van der Waals surface area (Å²) in [4.78, 5) is 23.3. The van der Waals surface area contributed by atoms with Gasteiger partial charge in [0.15, 0.2) is 0 Å². The molecule has 0 atom stereocenters. The number of para-hydroxylation sites is 1. The van der Waals surface area contributed by atoms with Crippen LogP contribution in [0.5, 0.6) is 0 Å². The van der Waals surface area contributed by atoms with E-state index in [1.165, 1.54) is 5.48 Å². The van der Waals surface area contributed by atoms with Gasteiger partial charge in [-0.2, -0.15) is 0 Å². The summed E-state index contributed by atoms with van der Waals surface area (Å²) in [5.74, 6) is -0.803. The highest BCUT2D eigenvalue weighted by Crippen LogP contribution is 2.26. The van der Waals surface area contributed by atoms with Gasteiger partial charge in [0.1, 0.15) is 5.69 Å². The maximum absolute atomic E-state index is 11.7. The molecule has 1 aromatic heterocycles. The Bertz CT molecular complexity index is 648. The Morgan fingerprint density at radius 2 is 2.00 bits per heavy atom. The Balaban J connectivity index is 2.87. The summed E-state index contributed by atoms with van der Waals surface area (Å²) in [5, 5.41) is 18.5. The Morgan fingerprint density at radius 3 is 2.58 bits per heavy atom. The molecule has 7 nitrogen and oxygen atoms in total. The number of rotatable bonds is 3. The molecule has 0 bridgehead atoms. The molecule has 19 heavy (non-hydrogen) atoms. The quantitative estimate of drug-likeness (QED) is 0.468. The van der Waals surface area contributed by atoms with E-state index in [9.17, 15) is 9.59 Å². The molecule has 7 heteroatoms. The highest BCUT2D eigenvalue weighted by atomic mass is 16.5. The number of amides is 2. The lowest BCUT2D eigenvalue weighted by atomic mass is 10.1. The predicted octanol–water partition coefficient (Wildman–Crippen LogP) is 0.222. The Hall–Kier alpha value is -2.38. The molecule has 2 aromatic rings. The zero-order valence-electron chi connectivity index (χ0n) is 9.96. The van der Waals surface area contributed by atoms with Crippen molar-refractivity contribution in [1.29, 1.82) is 0 Å². The number of primary amides is 1. The summed E-state index contributed by atoms with van der Waals surface area (Å²) in [6.45, 7) is -0.185. The van der Waals surface area contributed by atoms with Crippen LogP contribution in [0, 0.1) is 0 Å². The van der Waals surface area contributed by atoms with Gasteiger partial charge in [0.2, 0.25) is 0 Å². The van der Waals surface area contributed by atoms with Gasteiger partial charge in [0.25, 0.3) is 5.91 Å². The molecule has 0 saturated heterocycles. The number of hydrogen-bond acceptors (Lipinski definition) is 4. The van der Waals surface area contributed by atoms with Crippen LogP contribution in [0.1, 0.15) is 16.1 Å². The van der Waals surface area contributed by atoms with Gasteiger partial charge >= 0.3 is 6.03 Å². The van der Waals surface area contributed by atoms with Crippen molar-refractivity contribution in [2.24, 2.45) is 5.73 Å². The van der Waals surface area contributed by atoms with Crippen LogP contribution in [-0.2, 0) is 6.42 Å². The largest absolute Gasteiger partial charge is 0.396 e. The molecule has 1 heterocycles. The second-order valence-corrected chi connectivity index (χ2v) is 3.93. The second-order valence-electron chi connectivity index (χ2n) is 3.93. The molecule has 0 aliphatic heterocycles. The normalized spacial score (nSPS) is 10.6. The Kier molecular flexibility index (Phi) is 3.50. The number of aromatic nitrogens is 1. The number of hydrogen-bond donors (Lipinski definition) is 4. The minimum absolute atomic E-state index is 0.0400. The molecule has 0 aliphatic carbocycles. The van der Waals surface area contributed by atoms with Crippen molar-refractivity contribution in [2.75, 3.05) is 6.61 Å². The second kappa shape index (κ2) is 5.09. The monoisotopic (exact) mass is 263 g/mol. The van der Waals surface area contributed by atoms with E-state index in [0.717, 1.165) is 4.57 Å². The fourth-order valence-corrected chi connectivity index (χ4v) is 2.19. The molecular formula is C12H13N3O4. The molecule has 1 aromatic carbocycles. The lowest BCUT2D eigenvalue weighted by Crippen LogP contribution is -2.30. The molecule has 0 saturated carbocycles. The van der Waals surface area contributed by atoms with E-state index in [2.05, 4.69) is 0 Å². The fourth-order valence-electron chi connectivity index (χ4n) is 2.19. The number of aliphatic hydroxyl groups excluding tert-OH is 1. The topological polar surface area (TPSA) is 118 Å². The van der Waals surface area contributed by atoms with E-state index in [4.69, 9.17) is 16.0 Å². The first kappa shape index (κ1) is 13.1. The minimum atomic E-state index is -0.880. The molecule has 2 amide bonds. The van der Waals surface area contributed by atoms with Crippen LogP contribution >= 0.6 is 0 Å². The number of nitrogens with zero attached hydrogens (tertiary/aromatic N) is 1. The van der Waals surface area contributed by atoms with Crippen LogP contribution in [0.3, 0.4) is 0 Å². The average Bonchev–Trinajstić information content (AvgIpc) is 2.73. The van der Waals surface area contributed by atoms with E-state index < -0.39 is 11.9 Å². The SMILES string of the molecule is NC(=O)c1c(CCO)c2ccccc2n1C(=O)NO. The van der Waals surface area contributed by atoms with Crippen molar-refractivity contribution >= 4 is 22.8 Å². The third-order valence-corrected chi connectivity index (χ3v) is 2.87. The number of benzene rings is 1. The summed E-state index contributed by atoms with van der Waals surface area (Å²) in [7, 11) is 0. The molecule has 0 spiro atoms. The summed E-state index contributed by atoms with van der Waals surface area (Å²) in [6.07, 6.45) is 0.185. The highest BCUT2D eigenvalue weighted by Gasteiger charge is 2.23. The van der Waals surface area contributed by atoms with Crippen molar-refractivity contribution < 1.29 is 19.9 Å². The number of aliphatic hydroxyl groups is 1. The standard InChI is InChI=1S/C12H13N3O4/c13-11(17)10-8(5-6-16)7-3-1-2-4-9(7)15(10)12(18)14-19/h1-4,16,19H,5-6H2,(H2,13,17)(H,14,18). The number of nitrogens with two attached hydrogens (primary N) is 1. The number of carbonyl (C=O) groups excluding carboxylic acids is 2. The maximum atomic E-state index is 11.7. The van der Waals surface area contributed by atoms with Crippen molar-refractivity contribution in [3.8, 4) is 0 Å². The number of hydroxylamine groups is 1. The van der Waals surface area contributed by atoms with Gasteiger partial charge in [-0.25, -0.2) is 10.3 Å². The summed E-state index contributed by atoms with van der Waals surface area (Å²) in [6, 6.07) is 5.90. The van der Waals surface area contributed by atoms with Crippen LogP contribution < -0.4 is 11.2 Å². The number of fused-ring (bicyclic) bond motifs is 1. The lowest BCUT2D eigenvalue weighted by Gasteiger charge is -2.06. The van der Waals surface area contributed by atoms with Crippen LogP contribution in [0.25, 0.3) is 10.9 Å². The van der Waals surface area contributed by atoms with Gasteiger partial charge in [-0.3, -0.25) is 14.6 Å². The van der Waals surface area contributed by atoms with Crippen molar-refractivity contribution in [3.05, 3.63) is 35.5 Å². The zero-order valence-corrected chi connectivity index (χ0v) is 9.96. The first-order chi connectivity index (χ1) is 9.11. The van der Waals surface area contributed by atoms with E-state index in [1.54, 1.807) is 24.3 Å². The van der Waals surface area contributed by atoms with Crippen molar-refractivity contribution in [3.63, 3.8) is 0 Å². The van der Waals surface area contributed by atoms with E-state index >= 15 is 0 Å². The third-order valence-electron chi connectivity index (χ3n) is 2.87. The summed E-state index contributed by atoms with van der Waals surface area (Å²) >= 11 is 0. The molecule has 0 radical (unpaired) electrons. The Labute approximate surface area is 108 Å².